The number of benzene rings is 1. The molecule has 0 radical (unpaired) electrons. The van der Waals surface area contributed by atoms with Crippen LogP contribution in [0.4, 0.5) is 0 Å². The highest BCUT2D eigenvalue weighted by molar-refractivity contribution is 5.79. The smallest absolute Gasteiger partial charge is 0.232 e. The van der Waals surface area contributed by atoms with Gasteiger partial charge in [-0.3, -0.25) is 14.7 Å². The highest BCUT2D eigenvalue weighted by atomic mass is 16.5. The number of nitrogens with zero attached hydrogens (tertiary/aromatic N) is 5. The number of ether oxygens (including phenoxy) is 1. The number of hydrogen-bond acceptors (Lipinski definition) is 6. The predicted octanol–water partition coefficient (Wildman–Crippen LogP) is 2.13. The summed E-state index contributed by atoms with van der Waals surface area (Å²) in [5.41, 5.74) is 2.55. The molecule has 1 saturated carbocycles. The maximum atomic E-state index is 12.8. The molecular formula is C23H25N5O2. The zero-order chi connectivity index (χ0) is 20.5. The molecule has 0 bridgehead atoms. The fraction of sp³-hybridized carbons (Fsp3) is 0.478. The van der Waals surface area contributed by atoms with E-state index in [-0.39, 0.29) is 12.0 Å². The van der Waals surface area contributed by atoms with Crippen LogP contribution in [0.15, 0.2) is 36.7 Å². The molecule has 1 aliphatic carbocycles. The fourth-order valence-electron chi connectivity index (χ4n) is 4.49. The average Bonchev–Trinajstić information content (AvgIpc) is 3.54. The standard InChI is InChI=1S/C23H25N5O2/c24-11-17-3-1-2-16(8-17)9-23(29)28-7-6-27-15-20(10-19(27)14-28)30-22-13-25-21(12-26-22)18-4-5-18/h1-3,8,12-13,18-20H,4-7,9-10,14-15H2/t19-,20+/m0/s1. The van der Waals surface area contributed by atoms with Crippen molar-refractivity contribution in [3.63, 3.8) is 0 Å². The first kappa shape index (κ1) is 19.0. The Labute approximate surface area is 176 Å². The van der Waals surface area contributed by atoms with Crippen LogP contribution >= 0.6 is 0 Å². The van der Waals surface area contributed by atoms with Crippen molar-refractivity contribution in [2.24, 2.45) is 0 Å². The Hall–Kier alpha value is -2.98. The number of aromatic nitrogens is 2. The minimum absolute atomic E-state index is 0.0819. The summed E-state index contributed by atoms with van der Waals surface area (Å²) in [5.74, 6) is 1.31. The van der Waals surface area contributed by atoms with Gasteiger partial charge in [-0.05, 0) is 30.5 Å². The van der Waals surface area contributed by atoms with Gasteiger partial charge in [0.25, 0.3) is 0 Å². The van der Waals surface area contributed by atoms with E-state index in [0.717, 1.165) is 43.9 Å². The second-order valence-corrected chi connectivity index (χ2v) is 8.51. The van der Waals surface area contributed by atoms with Crippen LogP contribution in [0.3, 0.4) is 0 Å². The molecule has 154 valence electrons. The third-order valence-electron chi connectivity index (χ3n) is 6.27. The Kier molecular flexibility index (Phi) is 5.09. The van der Waals surface area contributed by atoms with Gasteiger partial charge in [0.15, 0.2) is 0 Å². The fourth-order valence-corrected chi connectivity index (χ4v) is 4.49. The molecule has 2 atom stereocenters. The lowest BCUT2D eigenvalue weighted by Crippen LogP contribution is -2.52. The van der Waals surface area contributed by atoms with E-state index >= 15 is 0 Å². The van der Waals surface area contributed by atoms with Crippen LogP contribution < -0.4 is 4.74 Å². The maximum Gasteiger partial charge on any atom is 0.232 e. The molecule has 3 heterocycles. The summed E-state index contributed by atoms with van der Waals surface area (Å²) in [5, 5.41) is 9.05. The molecule has 0 N–H and O–H groups in total. The molecule has 5 rings (SSSR count). The zero-order valence-corrected chi connectivity index (χ0v) is 16.9. The molecule has 2 aliphatic heterocycles. The molecular weight excluding hydrogens is 378 g/mol. The third-order valence-corrected chi connectivity index (χ3v) is 6.27. The van der Waals surface area contributed by atoms with E-state index in [4.69, 9.17) is 10.00 Å². The third kappa shape index (κ3) is 4.14. The van der Waals surface area contributed by atoms with Crippen molar-refractivity contribution in [3.8, 4) is 11.9 Å². The predicted molar refractivity (Wildman–Crippen MR) is 110 cm³/mol. The average molecular weight is 403 g/mol. The minimum Gasteiger partial charge on any atom is -0.472 e. The molecule has 2 saturated heterocycles. The van der Waals surface area contributed by atoms with E-state index in [2.05, 4.69) is 20.9 Å². The van der Waals surface area contributed by atoms with E-state index in [1.165, 1.54) is 12.8 Å². The van der Waals surface area contributed by atoms with Gasteiger partial charge in [-0.2, -0.15) is 5.26 Å². The van der Waals surface area contributed by atoms with Crippen LogP contribution in [-0.2, 0) is 11.2 Å². The zero-order valence-electron chi connectivity index (χ0n) is 16.9. The number of carbonyl (C=O) groups excluding carboxylic acids is 1. The Morgan fingerprint density at radius 2 is 2.10 bits per heavy atom. The van der Waals surface area contributed by atoms with E-state index in [1.54, 1.807) is 18.3 Å². The summed E-state index contributed by atoms with van der Waals surface area (Å²) in [6, 6.07) is 9.74. The summed E-state index contributed by atoms with van der Waals surface area (Å²) >= 11 is 0. The molecule has 1 aromatic carbocycles. The lowest BCUT2D eigenvalue weighted by atomic mass is 10.1. The van der Waals surface area contributed by atoms with Crippen LogP contribution in [0.5, 0.6) is 5.88 Å². The van der Waals surface area contributed by atoms with Crippen molar-refractivity contribution < 1.29 is 9.53 Å². The number of hydrogen-bond donors (Lipinski definition) is 0. The van der Waals surface area contributed by atoms with E-state index in [9.17, 15) is 4.79 Å². The van der Waals surface area contributed by atoms with Crippen LogP contribution in [0.25, 0.3) is 0 Å². The van der Waals surface area contributed by atoms with Crippen molar-refractivity contribution in [2.75, 3.05) is 26.2 Å². The van der Waals surface area contributed by atoms with Crippen LogP contribution in [0.2, 0.25) is 0 Å². The second kappa shape index (κ2) is 8.04. The van der Waals surface area contributed by atoms with E-state index in [0.29, 0.717) is 29.8 Å². The van der Waals surface area contributed by atoms with Crippen molar-refractivity contribution in [3.05, 3.63) is 53.5 Å². The Bertz CT molecular complexity index is 966. The number of rotatable bonds is 5. The molecule has 0 unspecified atom stereocenters. The monoisotopic (exact) mass is 403 g/mol. The van der Waals surface area contributed by atoms with Gasteiger partial charge in [-0.1, -0.05) is 12.1 Å². The summed E-state index contributed by atoms with van der Waals surface area (Å²) in [6.45, 7) is 3.18. The number of amides is 1. The summed E-state index contributed by atoms with van der Waals surface area (Å²) in [6.07, 6.45) is 7.33. The topological polar surface area (TPSA) is 82.4 Å². The van der Waals surface area contributed by atoms with Crippen LogP contribution in [0.1, 0.15) is 42.0 Å². The molecule has 3 fully saturated rings. The number of piperazine rings is 1. The first-order valence-corrected chi connectivity index (χ1v) is 10.7. The quantitative estimate of drug-likeness (QED) is 0.761. The molecule has 0 spiro atoms. The number of nitriles is 1. The van der Waals surface area contributed by atoms with Gasteiger partial charge in [0, 0.05) is 44.6 Å². The molecule has 1 amide bonds. The first-order valence-electron chi connectivity index (χ1n) is 10.7. The maximum absolute atomic E-state index is 12.8. The van der Waals surface area contributed by atoms with Crippen molar-refractivity contribution in [1.29, 1.82) is 5.26 Å². The van der Waals surface area contributed by atoms with Crippen molar-refractivity contribution in [1.82, 2.24) is 19.8 Å². The highest BCUT2D eigenvalue weighted by Crippen LogP contribution is 2.38. The lowest BCUT2D eigenvalue weighted by molar-refractivity contribution is -0.133. The molecule has 7 nitrogen and oxygen atoms in total. The molecule has 3 aliphatic rings. The SMILES string of the molecule is N#Cc1cccc(CC(=O)N2CCN3C[C@H](Oc4cnc(C5CC5)cn4)C[C@H]3C2)c1. The van der Waals surface area contributed by atoms with Gasteiger partial charge in [-0.25, -0.2) is 4.98 Å². The lowest BCUT2D eigenvalue weighted by Gasteiger charge is -2.37. The molecule has 30 heavy (non-hydrogen) atoms. The van der Waals surface area contributed by atoms with Crippen molar-refractivity contribution >= 4 is 5.91 Å². The van der Waals surface area contributed by atoms with Crippen LogP contribution in [-0.4, -0.2) is 64.0 Å². The largest absolute Gasteiger partial charge is 0.472 e. The summed E-state index contributed by atoms with van der Waals surface area (Å²) in [7, 11) is 0. The Morgan fingerprint density at radius 1 is 1.20 bits per heavy atom. The highest BCUT2D eigenvalue weighted by Gasteiger charge is 2.38. The van der Waals surface area contributed by atoms with Gasteiger partial charge in [-0.15, -0.1) is 0 Å². The first-order chi connectivity index (χ1) is 14.7. The van der Waals surface area contributed by atoms with E-state index in [1.807, 2.05) is 23.2 Å². The van der Waals surface area contributed by atoms with Gasteiger partial charge >= 0.3 is 0 Å². The Balaban J connectivity index is 1.15. The molecule has 2 aromatic rings. The number of fused-ring (bicyclic) bond motifs is 1. The van der Waals surface area contributed by atoms with Gasteiger partial charge in [0.2, 0.25) is 11.8 Å². The number of carbonyl (C=O) groups is 1. The molecule has 7 heteroatoms. The summed E-state index contributed by atoms with van der Waals surface area (Å²) in [4.78, 5) is 26.1. The second-order valence-electron chi connectivity index (χ2n) is 8.51. The minimum atomic E-state index is 0.0819. The Morgan fingerprint density at radius 3 is 2.87 bits per heavy atom. The molecule has 1 aromatic heterocycles. The van der Waals surface area contributed by atoms with E-state index < -0.39 is 0 Å². The van der Waals surface area contributed by atoms with Gasteiger partial charge in [0.1, 0.15) is 6.10 Å². The van der Waals surface area contributed by atoms with Gasteiger partial charge in [0.05, 0.1) is 36.1 Å². The van der Waals surface area contributed by atoms with Gasteiger partial charge < -0.3 is 9.64 Å². The van der Waals surface area contributed by atoms with Crippen molar-refractivity contribution in [2.45, 2.75) is 43.7 Å². The normalized spacial score (nSPS) is 23.6. The summed E-state index contributed by atoms with van der Waals surface area (Å²) < 4.78 is 6.09. The van der Waals surface area contributed by atoms with Crippen LogP contribution in [0, 0.1) is 11.3 Å².